The number of thioether (sulfide) groups is 1. The van der Waals surface area contributed by atoms with Gasteiger partial charge >= 0.3 is 5.97 Å². The molecule has 0 atom stereocenters. The highest BCUT2D eigenvalue weighted by molar-refractivity contribution is 7.98. The number of rotatable bonds is 9. The summed E-state index contributed by atoms with van der Waals surface area (Å²) in [6.07, 6.45) is 3.22. The van der Waals surface area contributed by atoms with Crippen LogP contribution in [0.2, 0.25) is 5.02 Å². The summed E-state index contributed by atoms with van der Waals surface area (Å²) in [6, 6.07) is 8.68. The molecule has 2 heterocycles. The van der Waals surface area contributed by atoms with E-state index in [-0.39, 0.29) is 6.61 Å². The van der Waals surface area contributed by atoms with Gasteiger partial charge < -0.3 is 13.9 Å². The molecule has 28 heavy (non-hydrogen) atoms. The summed E-state index contributed by atoms with van der Waals surface area (Å²) >= 11 is 7.28. The molecule has 0 aliphatic heterocycles. The molecular formula is C19H18ClN3O4S. The first kappa shape index (κ1) is 20.0. The van der Waals surface area contributed by atoms with Gasteiger partial charge in [0.15, 0.2) is 11.0 Å². The van der Waals surface area contributed by atoms with Gasteiger partial charge in [0.25, 0.3) is 0 Å². The fourth-order valence-corrected chi connectivity index (χ4v) is 3.44. The highest BCUT2D eigenvalue weighted by Crippen LogP contribution is 2.25. The Morgan fingerprint density at radius 3 is 2.82 bits per heavy atom. The van der Waals surface area contributed by atoms with Crippen molar-refractivity contribution in [2.75, 3.05) is 7.11 Å². The molecule has 1 aromatic carbocycles. The molecule has 0 bridgehead atoms. The van der Waals surface area contributed by atoms with Crippen molar-refractivity contribution in [2.24, 2.45) is 0 Å². The van der Waals surface area contributed by atoms with Crippen LogP contribution in [0, 0.1) is 0 Å². The summed E-state index contributed by atoms with van der Waals surface area (Å²) in [6.45, 7) is 4.56. The van der Waals surface area contributed by atoms with E-state index in [0.29, 0.717) is 45.4 Å². The Labute approximate surface area is 171 Å². The third-order valence-corrected chi connectivity index (χ3v) is 4.99. The van der Waals surface area contributed by atoms with Gasteiger partial charge in [-0.05, 0) is 30.3 Å². The largest absolute Gasteiger partial charge is 0.486 e. The summed E-state index contributed by atoms with van der Waals surface area (Å²) < 4.78 is 17.8. The van der Waals surface area contributed by atoms with Gasteiger partial charge in [0.1, 0.15) is 23.7 Å². The second-order valence-corrected chi connectivity index (χ2v) is 6.96. The maximum Gasteiger partial charge on any atom is 0.341 e. The van der Waals surface area contributed by atoms with Crippen molar-refractivity contribution in [2.45, 2.75) is 24.1 Å². The lowest BCUT2D eigenvalue weighted by Gasteiger charge is -2.09. The Balaban J connectivity index is 1.70. The Hall–Kier alpha value is -2.71. The molecule has 0 N–H and O–H groups in total. The number of carbonyl (C=O) groups excluding carboxylic acids is 1. The molecule has 0 saturated carbocycles. The molecule has 0 fully saturated rings. The fourth-order valence-electron chi connectivity index (χ4n) is 2.40. The third-order valence-electron chi connectivity index (χ3n) is 3.77. The minimum atomic E-state index is -0.436. The van der Waals surface area contributed by atoms with Crippen LogP contribution in [-0.2, 0) is 23.6 Å². The van der Waals surface area contributed by atoms with Crippen LogP contribution in [0.1, 0.15) is 21.9 Å². The molecule has 146 valence electrons. The average Bonchev–Trinajstić information content (AvgIpc) is 3.33. The van der Waals surface area contributed by atoms with Crippen LogP contribution in [0.4, 0.5) is 0 Å². The van der Waals surface area contributed by atoms with E-state index in [2.05, 4.69) is 16.8 Å². The minimum absolute atomic E-state index is 0.247. The molecule has 0 unspecified atom stereocenters. The molecule has 0 saturated heterocycles. The molecule has 3 aromatic rings. The van der Waals surface area contributed by atoms with E-state index in [0.717, 1.165) is 0 Å². The molecule has 0 spiro atoms. The first-order chi connectivity index (χ1) is 13.6. The molecule has 3 rings (SSSR count). The molecule has 0 radical (unpaired) electrons. The number of methoxy groups -OCH3 is 1. The highest BCUT2D eigenvalue weighted by atomic mass is 35.5. The van der Waals surface area contributed by atoms with Gasteiger partial charge in [-0.25, -0.2) is 4.79 Å². The first-order valence-corrected chi connectivity index (χ1v) is 9.67. The summed E-state index contributed by atoms with van der Waals surface area (Å²) in [4.78, 5) is 11.8. The third kappa shape index (κ3) is 4.76. The topological polar surface area (TPSA) is 79.4 Å². The maximum absolute atomic E-state index is 11.8. The molecule has 2 aromatic heterocycles. The zero-order valence-electron chi connectivity index (χ0n) is 15.1. The Bertz CT molecular complexity index is 953. The van der Waals surface area contributed by atoms with E-state index in [4.69, 9.17) is 25.5 Å². The normalized spacial score (nSPS) is 10.6. The van der Waals surface area contributed by atoms with Gasteiger partial charge in [0.05, 0.1) is 19.1 Å². The summed E-state index contributed by atoms with van der Waals surface area (Å²) in [5.74, 6) is 1.83. The van der Waals surface area contributed by atoms with Crippen LogP contribution in [0.15, 0.2) is 58.8 Å². The number of halogens is 1. The van der Waals surface area contributed by atoms with Crippen molar-refractivity contribution in [1.29, 1.82) is 0 Å². The van der Waals surface area contributed by atoms with Crippen molar-refractivity contribution in [3.8, 4) is 5.75 Å². The number of hydrogen-bond acceptors (Lipinski definition) is 7. The standard InChI is InChI=1S/C19H18ClN3O4S/c1-3-9-23-17(11-27-14-6-4-13(20)5-7-14)21-22-19(23)28-12-16-15(8-10-26-16)18(24)25-2/h3-8,10H,1,9,11-12H2,2H3. The first-order valence-electron chi connectivity index (χ1n) is 8.31. The predicted octanol–water partition coefficient (Wildman–Crippen LogP) is 4.37. The molecule has 0 amide bonds. The van der Waals surface area contributed by atoms with E-state index >= 15 is 0 Å². The van der Waals surface area contributed by atoms with Crippen molar-refractivity contribution >= 4 is 29.3 Å². The van der Waals surface area contributed by atoms with Gasteiger partial charge in [-0.1, -0.05) is 29.4 Å². The number of aromatic nitrogens is 3. The van der Waals surface area contributed by atoms with Crippen molar-refractivity contribution < 1.29 is 18.7 Å². The molecule has 0 aliphatic carbocycles. The van der Waals surface area contributed by atoms with Gasteiger partial charge in [-0.15, -0.1) is 16.8 Å². The maximum atomic E-state index is 11.8. The van der Waals surface area contributed by atoms with E-state index in [1.54, 1.807) is 36.4 Å². The van der Waals surface area contributed by atoms with Gasteiger partial charge in [-0.3, -0.25) is 4.57 Å². The molecule has 9 heteroatoms. The lowest BCUT2D eigenvalue weighted by molar-refractivity contribution is 0.0598. The number of benzene rings is 1. The number of allylic oxidation sites excluding steroid dienone is 1. The average molecular weight is 420 g/mol. The van der Waals surface area contributed by atoms with Crippen LogP contribution in [0.25, 0.3) is 0 Å². The smallest absolute Gasteiger partial charge is 0.341 e. The van der Waals surface area contributed by atoms with Gasteiger partial charge in [0, 0.05) is 11.6 Å². The zero-order valence-corrected chi connectivity index (χ0v) is 16.7. The number of nitrogens with zero attached hydrogens (tertiary/aromatic N) is 3. The number of furan rings is 1. The van der Waals surface area contributed by atoms with Crippen molar-refractivity contribution in [3.63, 3.8) is 0 Å². The quantitative estimate of drug-likeness (QED) is 0.289. The van der Waals surface area contributed by atoms with E-state index in [1.807, 2.05) is 4.57 Å². The lowest BCUT2D eigenvalue weighted by atomic mass is 10.3. The minimum Gasteiger partial charge on any atom is -0.486 e. The van der Waals surface area contributed by atoms with Gasteiger partial charge in [0.2, 0.25) is 0 Å². The Kier molecular flexibility index (Phi) is 6.78. The summed E-state index contributed by atoms with van der Waals surface area (Å²) in [7, 11) is 1.33. The monoisotopic (exact) mass is 419 g/mol. The number of esters is 1. The molecule has 0 aliphatic rings. The predicted molar refractivity (Wildman–Crippen MR) is 106 cm³/mol. The number of hydrogen-bond donors (Lipinski definition) is 0. The van der Waals surface area contributed by atoms with Crippen LogP contribution in [-0.4, -0.2) is 27.8 Å². The summed E-state index contributed by atoms with van der Waals surface area (Å²) in [5, 5.41) is 9.75. The second-order valence-electron chi connectivity index (χ2n) is 5.58. The fraction of sp³-hybridized carbons (Fsp3) is 0.211. The van der Waals surface area contributed by atoms with Crippen LogP contribution in [0.5, 0.6) is 5.75 Å². The highest BCUT2D eigenvalue weighted by Gasteiger charge is 2.18. The van der Waals surface area contributed by atoms with Crippen LogP contribution >= 0.6 is 23.4 Å². The zero-order chi connectivity index (χ0) is 19.9. The SMILES string of the molecule is C=CCn1c(COc2ccc(Cl)cc2)nnc1SCc1occc1C(=O)OC. The Morgan fingerprint density at radius 1 is 1.32 bits per heavy atom. The number of ether oxygens (including phenoxy) is 2. The van der Waals surface area contributed by atoms with Gasteiger partial charge in [-0.2, -0.15) is 0 Å². The molecular weight excluding hydrogens is 402 g/mol. The van der Waals surface area contributed by atoms with Crippen molar-refractivity contribution in [3.05, 3.63) is 71.4 Å². The summed E-state index contributed by atoms with van der Waals surface area (Å²) in [5.41, 5.74) is 0.399. The lowest BCUT2D eigenvalue weighted by Crippen LogP contribution is -2.07. The van der Waals surface area contributed by atoms with E-state index < -0.39 is 5.97 Å². The Morgan fingerprint density at radius 2 is 2.11 bits per heavy atom. The van der Waals surface area contributed by atoms with Crippen molar-refractivity contribution in [1.82, 2.24) is 14.8 Å². The van der Waals surface area contributed by atoms with E-state index in [9.17, 15) is 4.79 Å². The number of carbonyl (C=O) groups is 1. The molecule has 7 nitrogen and oxygen atoms in total. The second kappa shape index (κ2) is 9.48. The van der Waals surface area contributed by atoms with Crippen LogP contribution in [0.3, 0.4) is 0 Å². The van der Waals surface area contributed by atoms with E-state index in [1.165, 1.54) is 25.1 Å². The van der Waals surface area contributed by atoms with Crippen LogP contribution < -0.4 is 4.74 Å².